The molecule has 0 amide bonds. The van der Waals surface area contributed by atoms with E-state index in [1.165, 1.54) is 12.1 Å². The van der Waals surface area contributed by atoms with Crippen LogP contribution in [0.25, 0.3) is 0 Å². The number of hydrogen-bond acceptors (Lipinski definition) is 6. The summed E-state index contributed by atoms with van der Waals surface area (Å²) in [6, 6.07) is 7.24. The van der Waals surface area contributed by atoms with Gasteiger partial charge in [0.2, 0.25) is 0 Å². The van der Waals surface area contributed by atoms with Crippen LogP contribution in [0.5, 0.6) is 11.5 Å². The molecule has 0 saturated carbocycles. The van der Waals surface area contributed by atoms with Crippen molar-refractivity contribution in [1.82, 2.24) is 0 Å². The number of aryl methyl sites for hydroxylation is 1. The number of sulfone groups is 1. The van der Waals surface area contributed by atoms with Gasteiger partial charge in [0.15, 0.2) is 9.84 Å². The average Bonchev–Trinajstić information content (AvgIpc) is 2.35. The molecule has 0 unspecified atom stereocenters. The molecule has 9 heteroatoms. The lowest BCUT2D eigenvalue weighted by Gasteiger charge is -2.10. The first-order valence-corrected chi connectivity index (χ1v) is 9.91. The van der Waals surface area contributed by atoms with Gasteiger partial charge in [-0.1, -0.05) is 11.6 Å². The van der Waals surface area contributed by atoms with Crippen LogP contribution >= 0.6 is 11.6 Å². The number of benzene rings is 2. The maximum absolute atomic E-state index is 12.3. The van der Waals surface area contributed by atoms with Crippen molar-refractivity contribution >= 4 is 31.6 Å². The largest absolute Gasteiger partial charge is 0.508 e. The Bertz CT molecular complexity index is 945. The Kier molecular flexibility index (Phi) is 4.61. The molecule has 0 fully saturated rings. The minimum atomic E-state index is -4.28. The molecule has 0 bridgehead atoms. The molecule has 0 spiro atoms. The summed E-state index contributed by atoms with van der Waals surface area (Å²) in [5.41, 5.74) is 0.605. The zero-order valence-electron chi connectivity index (χ0n) is 12.1. The fraction of sp³-hybridized carbons (Fsp3) is 0.143. The van der Waals surface area contributed by atoms with Crippen molar-refractivity contribution in [2.24, 2.45) is 0 Å². The first-order valence-electron chi connectivity index (χ1n) is 6.24. The van der Waals surface area contributed by atoms with Gasteiger partial charge in [0.1, 0.15) is 16.4 Å². The smallest absolute Gasteiger partial charge is 0.340 e. The Morgan fingerprint density at radius 2 is 1.70 bits per heavy atom. The molecule has 23 heavy (non-hydrogen) atoms. The normalized spacial score (nSPS) is 12.1. The lowest BCUT2D eigenvalue weighted by atomic mass is 10.2. The van der Waals surface area contributed by atoms with Crippen LogP contribution in [-0.4, -0.2) is 28.2 Å². The number of phenolic OH excluding ortho intramolecular Hbond substituents is 1. The summed E-state index contributed by atoms with van der Waals surface area (Å²) in [6.07, 6.45) is 0.985. The summed E-state index contributed by atoms with van der Waals surface area (Å²) < 4.78 is 52.4. The third kappa shape index (κ3) is 4.15. The lowest BCUT2D eigenvalue weighted by molar-refractivity contribution is 0.463. The van der Waals surface area contributed by atoms with Crippen LogP contribution in [0.3, 0.4) is 0 Å². The Morgan fingerprint density at radius 1 is 1.04 bits per heavy atom. The molecule has 124 valence electrons. The Labute approximate surface area is 139 Å². The van der Waals surface area contributed by atoms with E-state index in [0.29, 0.717) is 5.56 Å². The van der Waals surface area contributed by atoms with Gasteiger partial charge >= 0.3 is 10.1 Å². The standard InChI is InChI=1S/C14H13ClO6S2/c1-9-5-10(16)7-11(6-9)21-23(19,20)14-4-3-12(8-13(14)15)22(2,17)18/h3-8,16H,1-2H3. The molecular formula is C14H13ClO6S2. The quantitative estimate of drug-likeness (QED) is 0.823. The van der Waals surface area contributed by atoms with E-state index >= 15 is 0 Å². The van der Waals surface area contributed by atoms with Crippen molar-refractivity contribution in [2.45, 2.75) is 16.7 Å². The van der Waals surface area contributed by atoms with E-state index in [9.17, 15) is 21.9 Å². The fourth-order valence-electron chi connectivity index (χ4n) is 1.86. The van der Waals surface area contributed by atoms with Gasteiger partial charge in [-0.25, -0.2) is 8.42 Å². The minimum Gasteiger partial charge on any atom is -0.508 e. The third-order valence-corrected chi connectivity index (χ3v) is 5.68. The average molecular weight is 377 g/mol. The zero-order chi connectivity index (χ0) is 17.4. The monoisotopic (exact) mass is 376 g/mol. The van der Waals surface area contributed by atoms with Crippen LogP contribution in [0.1, 0.15) is 5.56 Å². The summed E-state index contributed by atoms with van der Waals surface area (Å²) in [6.45, 7) is 1.66. The molecule has 2 aromatic carbocycles. The van der Waals surface area contributed by atoms with E-state index in [0.717, 1.165) is 30.5 Å². The molecule has 0 aliphatic carbocycles. The van der Waals surface area contributed by atoms with E-state index in [2.05, 4.69) is 0 Å². The predicted molar refractivity (Wildman–Crippen MR) is 85.2 cm³/mol. The summed E-state index contributed by atoms with van der Waals surface area (Å²) in [7, 11) is -7.79. The lowest BCUT2D eigenvalue weighted by Crippen LogP contribution is -2.11. The van der Waals surface area contributed by atoms with Crippen LogP contribution < -0.4 is 4.18 Å². The summed E-state index contributed by atoms with van der Waals surface area (Å²) in [5, 5.41) is 9.20. The molecule has 2 rings (SSSR count). The molecule has 0 heterocycles. The van der Waals surface area contributed by atoms with Crippen molar-refractivity contribution in [3.05, 3.63) is 47.0 Å². The molecule has 1 N–H and O–H groups in total. The number of hydrogen-bond donors (Lipinski definition) is 1. The highest BCUT2D eigenvalue weighted by molar-refractivity contribution is 7.90. The van der Waals surface area contributed by atoms with Gasteiger partial charge in [0.05, 0.1) is 9.92 Å². The SMILES string of the molecule is Cc1cc(O)cc(OS(=O)(=O)c2ccc(S(C)(=O)=O)cc2Cl)c1. The first kappa shape index (κ1) is 17.6. The van der Waals surface area contributed by atoms with Gasteiger partial charge in [-0.15, -0.1) is 0 Å². The highest BCUT2D eigenvalue weighted by Crippen LogP contribution is 2.29. The van der Waals surface area contributed by atoms with Gasteiger partial charge < -0.3 is 9.29 Å². The number of phenols is 1. The molecule has 6 nitrogen and oxygen atoms in total. The van der Waals surface area contributed by atoms with Crippen molar-refractivity contribution in [2.75, 3.05) is 6.26 Å². The third-order valence-electron chi connectivity index (χ3n) is 2.84. The number of rotatable bonds is 4. The second-order valence-electron chi connectivity index (χ2n) is 4.91. The van der Waals surface area contributed by atoms with Crippen LogP contribution in [0, 0.1) is 6.92 Å². The Hall–Kier alpha value is -1.77. The summed E-state index contributed by atoms with van der Waals surface area (Å²) >= 11 is 5.88. The van der Waals surface area contributed by atoms with E-state index in [1.807, 2.05) is 0 Å². The van der Waals surface area contributed by atoms with Crippen molar-refractivity contribution in [3.63, 3.8) is 0 Å². The summed E-state index contributed by atoms with van der Waals surface area (Å²) in [4.78, 5) is -0.470. The van der Waals surface area contributed by atoms with Gasteiger partial charge in [0, 0.05) is 12.3 Å². The molecule has 0 radical (unpaired) electrons. The maximum atomic E-state index is 12.3. The van der Waals surface area contributed by atoms with Crippen LogP contribution in [0.15, 0.2) is 46.2 Å². The van der Waals surface area contributed by atoms with Crippen LogP contribution in [-0.2, 0) is 20.0 Å². The Balaban J connectivity index is 2.44. The second-order valence-corrected chi connectivity index (χ2v) is 8.84. The molecule has 0 saturated heterocycles. The van der Waals surface area contributed by atoms with E-state index in [-0.39, 0.29) is 26.3 Å². The maximum Gasteiger partial charge on any atom is 0.340 e. The molecule has 0 aliphatic rings. The van der Waals surface area contributed by atoms with Crippen molar-refractivity contribution < 1.29 is 26.1 Å². The van der Waals surface area contributed by atoms with Crippen LogP contribution in [0.4, 0.5) is 0 Å². The number of halogens is 1. The highest BCUT2D eigenvalue weighted by Gasteiger charge is 2.22. The zero-order valence-corrected chi connectivity index (χ0v) is 14.5. The summed E-state index contributed by atoms with van der Waals surface area (Å²) in [5.74, 6) is -0.223. The van der Waals surface area contributed by atoms with Crippen molar-refractivity contribution in [1.29, 1.82) is 0 Å². The molecule has 0 aromatic heterocycles. The van der Waals surface area contributed by atoms with E-state index in [4.69, 9.17) is 15.8 Å². The molecule has 0 atom stereocenters. The van der Waals surface area contributed by atoms with Gasteiger partial charge in [-0.3, -0.25) is 0 Å². The van der Waals surface area contributed by atoms with Crippen LogP contribution in [0.2, 0.25) is 5.02 Å². The topological polar surface area (TPSA) is 97.7 Å². The van der Waals surface area contributed by atoms with Gasteiger partial charge in [-0.2, -0.15) is 8.42 Å². The predicted octanol–water partition coefficient (Wildman–Crippen LogP) is 2.53. The van der Waals surface area contributed by atoms with E-state index < -0.39 is 20.0 Å². The Morgan fingerprint density at radius 3 is 2.22 bits per heavy atom. The van der Waals surface area contributed by atoms with E-state index in [1.54, 1.807) is 6.92 Å². The molecule has 0 aliphatic heterocycles. The fourth-order valence-corrected chi connectivity index (χ4v) is 4.01. The van der Waals surface area contributed by atoms with Crippen molar-refractivity contribution in [3.8, 4) is 11.5 Å². The molecular weight excluding hydrogens is 364 g/mol. The second kappa shape index (κ2) is 6.03. The first-order chi connectivity index (χ1) is 10.5. The highest BCUT2D eigenvalue weighted by atomic mass is 35.5. The number of aromatic hydroxyl groups is 1. The van der Waals surface area contributed by atoms with Gasteiger partial charge in [0.25, 0.3) is 0 Å². The molecule has 2 aromatic rings. The van der Waals surface area contributed by atoms with Gasteiger partial charge in [-0.05, 0) is 42.8 Å². The minimum absolute atomic E-state index is 0.0780.